The molecule has 170 valence electrons. The third-order valence-electron chi connectivity index (χ3n) is 6.31. The van der Waals surface area contributed by atoms with E-state index in [9.17, 15) is 14.7 Å². The van der Waals surface area contributed by atoms with Crippen LogP contribution in [0.1, 0.15) is 24.3 Å². The highest BCUT2D eigenvalue weighted by atomic mass is 16.5. The van der Waals surface area contributed by atoms with Gasteiger partial charge in [-0.3, -0.25) is 13.9 Å². The molecule has 33 heavy (non-hydrogen) atoms. The monoisotopic (exact) mass is 447 g/mol. The van der Waals surface area contributed by atoms with Crippen molar-refractivity contribution >= 4 is 10.9 Å². The van der Waals surface area contributed by atoms with Crippen molar-refractivity contribution in [3.63, 3.8) is 0 Å². The molecule has 0 amide bonds. The maximum absolute atomic E-state index is 13.4. The molecule has 0 saturated carbocycles. The van der Waals surface area contributed by atoms with Crippen LogP contribution < -0.4 is 16.0 Å². The first-order valence-corrected chi connectivity index (χ1v) is 10.7. The topological polar surface area (TPSA) is 87.6 Å². The Morgan fingerprint density at radius 2 is 1.79 bits per heavy atom. The molecule has 0 fully saturated rings. The molecule has 8 heteroatoms. The Kier molecular flexibility index (Phi) is 4.90. The zero-order chi connectivity index (χ0) is 23.4. The predicted octanol–water partition coefficient (Wildman–Crippen LogP) is 2.93. The van der Waals surface area contributed by atoms with Crippen LogP contribution in [0.4, 0.5) is 0 Å². The molecule has 3 heterocycles. The molecule has 0 unspecified atom stereocenters. The zero-order valence-electron chi connectivity index (χ0n) is 18.9. The maximum Gasteiger partial charge on any atom is 0.331 e. The SMILES string of the molecule is COc1cc([C@@H]2O[C@@H](C)Cn3c(-c4ccccc4)c4c(=O)n(C)c(=O)n(C)c4c32)ccc1O. The van der Waals surface area contributed by atoms with Gasteiger partial charge in [-0.1, -0.05) is 36.4 Å². The molecule has 1 aliphatic heterocycles. The zero-order valence-corrected chi connectivity index (χ0v) is 18.9. The number of nitrogens with zero attached hydrogens (tertiary/aromatic N) is 3. The quantitative estimate of drug-likeness (QED) is 0.522. The molecule has 5 rings (SSSR count). The van der Waals surface area contributed by atoms with Crippen molar-refractivity contribution in [1.82, 2.24) is 13.7 Å². The van der Waals surface area contributed by atoms with Crippen molar-refractivity contribution in [2.45, 2.75) is 25.7 Å². The minimum absolute atomic E-state index is 0.0246. The van der Waals surface area contributed by atoms with Crippen LogP contribution in [-0.2, 0) is 25.4 Å². The van der Waals surface area contributed by atoms with Crippen molar-refractivity contribution in [1.29, 1.82) is 0 Å². The minimum Gasteiger partial charge on any atom is -0.504 e. The van der Waals surface area contributed by atoms with E-state index >= 15 is 0 Å². The Balaban J connectivity index is 1.93. The summed E-state index contributed by atoms with van der Waals surface area (Å²) >= 11 is 0. The molecular weight excluding hydrogens is 422 g/mol. The molecule has 2 atom stereocenters. The number of phenols is 1. The first-order chi connectivity index (χ1) is 15.8. The number of hydrogen-bond acceptors (Lipinski definition) is 5. The van der Waals surface area contributed by atoms with Gasteiger partial charge in [-0.2, -0.15) is 0 Å². The van der Waals surface area contributed by atoms with Crippen molar-refractivity contribution in [2.75, 3.05) is 7.11 Å². The molecule has 8 nitrogen and oxygen atoms in total. The van der Waals surface area contributed by atoms with Gasteiger partial charge in [-0.25, -0.2) is 4.79 Å². The van der Waals surface area contributed by atoms with Crippen molar-refractivity contribution < 1.29 is 14.6 Å². The van der Waals surface area contributed by atoms with E-state index in [4.69, 9.17) is 9.47 Å². The van der Waals surface area contributed by atoms with Gasteiger partial charge in [-0.05, 0) is 30.2 Å². The molecular formula is C25H25N3O5. The van der Waals surface area contributed by atoms with E-state index in [1.54, 1.807) is 25.2 Å². The number of methoxy groups -OCH3 is 1. The second-order valence-corrected chi connectivity index (χ2v) is 8.40. The summed E-state index contributed by atoms with van der Waals surface area (Å²) in [7, 11) is 4.66. The molecule has 2 aromatic carbocycles. The number of aryl methyl sites for hydroxylation is 1. The van der Waals surface area contributed by atoms with E-state index in [0.717, 1.165) is 27.1 Å². The lowest BCUT2D eigenvalue weighted by atomic mass is 10.0. The third kappa shape index (κ3) is 3.09. The van der Waals surface area contributed by atoms with E-state index in [-0.39, 0.29) is 17.4 Å². The second kappa shape index (κ2) is 7.67. The first-order valence-electron chi connectivity index (χ1n) is 10.7. The fraction of sp³-hybridized carbons (Fsp3) is 0.280. The van der Waals surface area contributed by atoms with Crippen LogP contribution in [0.5, 0.6) is 11.5 Å². The Morgan fingerprint density at radius 1 is 1.06 bits per heavy atom. The summed E-state index contributed by atoms with van der Waals surface area (Å²) in [6.07, 6.45) is -0.728. The Bertz CT molecular complexity index is 1500. The largest absolute Gasteiger partial charge is 0.504 e. The van der Waals surface area contributed by atoms with Gasteiger partial charge in [0.2, 0.25) is 0 Å². The smallest absolute Gasteiger partial charge is 0.331 e. The lowest BCUT2D eigenvalue weighted by molar-refractivity contribution is -0.0143. The van der Waals surface area contributed by atoms with E-state index in [0.29, 0.717) is 23.2 Å². The molecule has 0 radical (unpaired) electrons. The van der Waals surface area contributed by atoms with Gasteiger partial charge in [0.1, 0.15) is 6.10 Å². The summed E-state index contributed by atoms with van der Waals surface area (Å²) < 4.78 is 16.4. The van der Waals surface area contributed by atoms with Gasteiger partial charge in [0.15, 0.2) is 11.5 Å². The summed E-state index contributed by atoms with van der Waals surface area (Å²) in [5.74, 6) is 0.349. The van der Waals surface area contributed by atoms with E-state index in [2.05, 4.69) is 4.57 Å². The normalized spacial score (nSPS) is 17.8. The van der Waals surface area contributed by atoms with Gasteiger partial charge in [0.05, 0.1) is 35.5 Å². The number of benzene rings is 2. The molecule has 1 N–H and O–H groups in total. The number of phenolic OH excluding ortho intramolecular Hbond substituents is 1. The highest BCUT2D eigenvalue weighted by molar-refractivity contribution is 5.96. The van der Waals surface area contributed by atoms with Gasteiger partial charge < -0.3 is 19.1 Å². The average molecular weight is 447 g/mol. The molecule has 0 aliphatic carbocycles. The molecule has 0 spiro atoms. The molecule has 0 bridgehead atoms. The highest BCUT2D eigenvalue weighted by Crippen LogP contribution is 2.43. The summed E-state index contributed by atoms with van der Waals surface area (Å²) in [5.41, 5.74) is 2.94. The predicted molar refractivity (Wildman–Crippen MR) is 125 cm³/mol. The molecule has 4 aromatic rings. The van der Waals surface area contributed by atoms with Gasteiger partial charge in [0.25, 0.3) is 5.56 Å². The van der Waals surface area contributed by atoms with Crippen molar-refractivity contribution in [2.24, 2.45) is 14.1 Å². The molecule has 0 saturated heterocycles. The minimum atomic E-state index is -0.569. The van der Waals surface area contributed by atoms with Crippen LogP contribution >= 0.6 is 0 Å². The Hall–Kier alpha value is -3.78. The van der Waals surface area contributed by atoms with E-state index in [1.807, 2.05) is 37.3 Å². The maximum atomic E-state index is 13.4. The van der Waals surface area contributed by atoms with E-state index in [1.165, 1.54) is 18.7 Å². The summed E-state index contributed by atoms with van der Waals surface area (Å²) in [6.45, 7) is 2.50. The number of aromatic nitrogens is 3. The highest BCUT2D eigenvalue weighted by Gasteiger charge is 2.35. The standard InChI is InChI=1S/C25H25N3O5/c1-14-13-28-20(15-8-6-5-7-9-15)19-21(26(2)25(31)27(3)24(19)30)22(28)23(33-14)16-10-11-17(29)18(12-16)32-4/h5-12,14,23,29H,13H2,1-4H3/t14-,23-/m0/s1. The fourth-order valence-electron chi connectivity index (χ4n) is 4.78. The number of fused-ring (bicyclic) bond motifs is 3. The Labute approximate surface area is 189 Å². The van der Waals surface area contributed by atoms with Crippen LogP contribution in [-0.4, -0.2) is 32.0 Å². The number of rotatable bonds is 3. The third-order valence-corrected chi connectivity index (χ3v) is 6.31. The van der Waals surface area contributed by atoms with Crippen LogP contribution in [0, 0.1) is 0 Å². The number of hydrogen-bond donors (Lipinski definition) is 1. The summed E-state index contributed by atoms with van der Waals surface area (Å²) in [5, 5.41) is 10.6. The van der Waals surface area contributed by atoms with E-state index < -0.39 is 11.8 Å². The second-order valence-electron chi connectivity index (χ2n) is 8.40. The van der Waals surface area contributed by atoms with Gasteiger partial charge >= 0.3 is 5.69 Å². The number of ether oxygens (including phenoxy) is 2. The number of aromatic hydroxyl groups is 1. The summed E-state index contributed by atoms with van der Waals surface area (Å²) in [4.78, 5) is 26.3. The molecule has 1 aliphatic rings. The fourth-order valence-corrected chi connectivity index (χ4v) is 4.78. The lowest BCUT2D eigenvalue weighted by Gasteiger charge is -2.32. The molecule has 2 aromatic heterocycles. The van der Waals surface area contributed by atoms with Crippen LogP contribution in [0.15, 0.2) is 58.1 Å². The average Bonchev–Trinajstić information content (AvgIpc) is 3.16. The van der Waals surface area contributed by atoms with Crippen molar-refractivity contribution in [3.8, 4) is 22.8 Å². The van der Waals surface area contributed by atoms with Crippen LogP contribution in [0.3, 0.4) is 0 Å². The Morgan fingerprint density at radius 3 is 2.48 bits per heavy atom. The lowest BCUT2D eigenvalue weighted by Crippen LogP contribution is -2.37. The summed E-state index contributed by atoms with van der Waals surface area (Å²) in [6, 6.07) is 14.8. The van der Waals surface area contributed by atoms with Crippen LogP contribution in [0.25, 0.3) is 22.2 Å². The van der Waals surface area contributed by atoms with Gasteiger partial charge in [-0.15, -0.1) is 0 Å². The van der Waals surface area contributed by atoms with Crippen molar-refractivity contribution in [3.05, 3.63) is 80.6 Å². The first kappa shape index (κ1) is 21.1. The van der Waals surface area contributed by atoms with Crippen LogP contribution in [0.2, 0.25) is 0 Å². The van der Waals surface area contributed by atoms with Gasteiger partial charge in [0, 0.05) is 20.6 Å².